The van der Waals surface area contributed by atoms with Crippen molar-refractivity contribution in [3.63, 3.8) is 0 Å². The van der Waals surface area contributed by atoms with Crippen LogP contribution >= 0.6 is 11.6 Å². The number of fused-ring (bicyclic) bond motifs is 1. The summed E-state index contributed by atoms with van der Waals surface area (Å²) in [5, 5.41) is 13.5. The van der Waals surface area contributed by atoms with Gasteiger partial charge in [0.05, 0.1) is 16.6 Å². The minimum atomic E-state index is -4.78. The fraction of sp³-hybridized carbons (Fsp3) is 0.407. The van der Waals surface area contributed by atoms with Gasteiger partial charge in [-0.3, -0.25) is 9.59 Å². The number of likely N-dealkylation sites (tertiary alicyclic amines) is 1. The van der Waals surface area contributed by atoms with E-state index in [0.717, 1.165) is 31.0 Å². The van der Waals surface area contributed by atoms with Crippen molar-refractivity contribution < 1.29 is 32.2 Å². The summed E-state index contributed by atoms with van der Waals surface area (Å²) < 4.78 is 56.8. The minimum Gasteiger partial charge on any atom is -0.406 e. The van der Waals surface area contributed by atoms with Gasteiger partial charge < -0.3 is 24.6 Å². The summed E-state index contributed by atoms with van der Waals surface area (Å²) >= 11 is 5.94. The van der Waals surface area contributed by atoms with Crippen LogP contribution < -0.4 is 15.5 Å². The molecule has 1 aliphatic heterocycles. The Kier molecular flexibility index (Phi) is 7.58. The Bertz CT molecular complexity index is 1430. The van der Waals surface area contributed by atoms with E-state index in [-0.39, 0.29) is 40.4 Å². The summed E-state index contributed by atoms with van der Waals surface area (Å²) in [7, 11) is 0. The van der Waals surface area contributed by atoms with Gasteiger partial charge in [0, 0.05) is 43.3 Å². The van der Waals surface area contributed by atoms with Gasteiger partial charge in [-0.05, 0) is 55.5 Å². The van der Waals surface area contributed by atoms with Crippen molar-refractivity contribution in [1.82, 2.24) is 14.8 Å². The second kappa shape index (κ2) is 10.8. The van der Waals surface area contributed by atoms with Crippen LogP contribution in [0.1, 0.15) is 53.8 Å². The molecule has 0 spiro atoms. The summed E-state index contributed by atoms with van der Waals surface area (Å²) in [5.74, 6) is -1.60. The van der Waals surface area contributed by atoms with E-state index in [0.29, 0.717) is 37.0 Å². The number of aliphatic hydroxyl groups excluding tert-OH is 1. The number of nitrogens with one attached hydrogen (secondary N) is 1. The van der Waals surface area contributed by atoms with E-state index in [1.807, 2.05) is 9.47 Å². The highest BCUT2D eigenvalue weighted by Crippen LogP contribution is 2.37. The first-order valence-corrected chi connectivity index (χ1v) is 13.0. The van der Waals surface area contributed by atoms with Crippen LogP contribution in [0.4, 0.5) is 17.6 Å². The summed E-state index contributed by atoms with van der Waals surface area (Å²) in [6.45, 7) is 1.39. The van der Waals surface area contributed by atoms with E-state index >= 15 is 0 Å². The average molecular weight is 568 g/mol. The molecule has 39 heavy (non-hydrogen) atoms. The number of alkyl halides is 3. The number of pyridine rings is 1. The lowest BCUT2D eigenvalue weighted by Crippen LogP contribution is -2.46. The maximum absolute atomic E-state index is 14.1. The number of rotatable bonds is 7. The van der Waals surface area contributed by atoms with Crippen molar-refractivity contribution in [3.05, 3.63) is 74.8 Å². The van der Waals surface area contributed by atoms with Crippen molar-refractivity contribution in [2.75, 3.05) is 19.6 Å². The zero-order valence-corrected chi connectivity index (χ0v) is 21.4. The zero-order chi connectivity index (χ0) is 27.9. The van der Waals surface area contributed by atoms with Gasteiger partial charge in [-0.25, -0.2) is 4.39 Å². The third kappa shape index (κ3) is 6.37. The molecule has 1 aliphatic carbocycles. The molecule has 2 aliphatic rings. The Morgan fingerprint density at radius 1 is 1.13 bits per heavy atom. The van der Waals surface area contributed by atoms with Gasteiger partial charge in [0.25, 0.3) is 5.91 Å². The molecule has 3 aromatic rings. The van der Waals surface area contributed by atoms with Crippen LogP contribution in [0.2, 0.25) is 5.02 Å². The van der Waals surface area contributed by atoms with Crippen LogP contribution in [0.25, 0.3) is 10.9 Å². The molecule has 1 amide bonds. The van der Waals surface area contributed by atoms with E-state index in [1.165, 1.54) is 24.4 Å². The number of ether oxygens (including phenoxy) is 1. The first-order chi connectivity index (χ1) is 18.5. The average Bonchev–Trinajstić information content (AvgIpc) is 3.71. The lowest BCUT2D eigenvalue weighted by molar-refractivity contribution is -0.274. The number of hydrogen-bond acceptors (Lipinski definition) is 5. The Balaban J connectivity index is 1.20. The molecule has 2 N–H and O–H groups in total. The molecule has 2 fully saturated rings. The fourth-order valence-corrected chi connectivity index (χ4v) is 5.08. The van der Waals surface area contributed by atoms with Crippen molar-refractivity contribution in [2.45, 2.75) is 50.2 Å². The van der Waals surface area contributed by atoms with E-state index in [9.17, 15) is 32.3 Å². The summed E-state index contributed by atoms with van der Waals surface area (Å²) in [6, 6.07) is 7.51. The van der Waals surface area contributed by atoms with Gasteiger partial charge in [0.15, 0.2) is 0 Å². The highest BCUT2D eigenvalue weighted by molar-refractivity contribution is 6.31. The van der Waals surface area contributed by atoms with Gasteiger partial charge in [-0.15, -0.1) is 13.2 Å². The highest BCUT2D eigenvalue weighted by atomic mass is 35.5. The molecule has 0 bridgehead atoms. The summed E-state index contributed by atoms with van der Waals surface area (Å²) in [5.41, 5.74) is 0.356. The summed E-state index contributed by atoms with van der Waals surface area (Å²) in [6.07, 6.45) is -1.23. The van der Waals surface area contributed by atoms with Crippen molar-refractivity contribution in [1.29, 1.82) is 0 Å². The quantitative estimate of drug-likeness (QED) is 0.395. The number of carbonyl (C=O) groups is 1. The van der Waals surface area contributed by atoms with Crippen molar-refractivity contribution in [3.8, 4) is 5.75 Å². The normalized spacial score (nSPS) is 17.8. The van der Waals surface area contributed by atoms with Crippen LogP contribution in [-0.4, -0.2) is 52.5 Å². The monoisotopic (exact) mass is 567 g/mol. The van der Waals surface area contributed by atoms with Crippen LogP contribution in [0, 0.1) is 5.82 Å². The maximum Gasteiger partial charge on any atom is 0.573 e. The number of nitrogens with zero attached hydrogens (tertiary/aromatic N) is 2. The number of β-amino-alcohol motifs (C(OH)–C–C–N with tert-alkyl or cyclic N) is 1. The number of hydrogen-bond donors (Lipinski definition) is 2. The predicted octanol–water partition coefficient (Wildman–Crippen LogP) is 4.96. The molecule has 0 radical (unpaired) electrons. The summed E-state index contributed by atoms with van der Waals surface area (Å²) in [4.78, 5) is 28.2. The molecule has 1 saturated heterocycles. The van der Waals surface area contributed by atoms with Crippen LogP contribution in [0.5, 0.6) is 5.75 Å². The molecule has 1 atom stereocenters. The lowest BCUT2D eigenvalue weighted by Gasteiger charge is -2.33. The Morgan fingerprint density at radius 2 is 1.79 bits per heavy atom. The molecule has 1 aromatic heterocycles. The molecule has 5 rings (SSSR count). The fourth-order valence-electron chi connectivity index (χ4n) is 4.93. The lowest BCUT2D eigenvalue weighted by atomic mass is 10.0. The smallest absolute Gasteiger partial charge is 0.406 e. The predicted molar refractivity (Wildman–Crippen MR) is 136 cm³/mol. The molecule has 2 aromatic carbocycles. The van der Waals surface area contributed by atoms with Gasteiger partial charge in [0.1, 0.15) is 17.1 Å². The molecule has 2 heterocycles. The minimum absolute atomic E-state index is 0.0491. The van der Waals surface area contributed by atoms with Crippen LogP contribution in [0.15, 0.2) is 47.4 Å². The third-order valence-corrected chi connectivity index (χ3v) is 7.40. The number of aliphatic hydroxyl groups is 1. The zero-order valence-electron chi connectivity index (χ0n) is 20.7. The Morgan fingerprint density at radius 3 is 2.41 bits per heavy atom. The van der Waals surface area contributed by atoms with E-state index in [1.54, 1.807) is 0 Å². The number of aromatic nitrogens is 1. The van der Waals surface area contributed by atoms with E-state index in [4.69, 9.17) is 11.6 Å². The molecular formula is C27H26ClF4N3O4. The maximum atomic E-state index is 14.1. The van der Waals surface area contributed by atoms with Gasteiger partial charge >= 0.3 is 6.36 Å². The van der Waals surface area contributed by atoms with Crippen LogP contribution in [0.3, 0.4) is 0 Å². The van der Waals surface area contributed by atoms with Gasteiger partial charge in [0.2, 0.25) is 5.43 Å². The van der Waals surface area contributed by atoms with E-state index in [2.05, 4.69) is 10.1 Å². The molecule has 12 heteroatoms. The molecular weight excluding hydrogens is 542 g/mol. The molecule has 1 saturated carbocycles. The Hall–Kier alpha value is -3.15. The molecule has 0 unspecified atom stereocenters. The number of benzene rings is 2. The second-order valence-electron chi connectivity index (χ2n) is 9.97. The van der Waals surface area contributed by atoms with Gasteiger partial charge in [-0.2, -0.15) is 0 Å². The number of carbonyl (C=O) groups excluding carboxylic acids is 1. The number of piperidine rings is 1. The van der Waals surface area contributed by atoms with Gasteiger partial charge in [-0.1, -0.05) is 23.7 Å². The number of amides is 1. The SMILES string of the molecule is O=C(NC1CCN(C[C@H](O)c2ccc(OC(F)(F)F)cc2)CC1)c1cn(C2CC2)c2cc(Cl)c(F)cc2c1=O. The van der Waals surface area contributed by atoms with Crippen molar-refractivity contribution >= 4 is 28.4 Å². The molecule has 7 nitrogen and oxygen atoms in total. The van der Waals surface area contributed by atoms with E-state index < -0.39 is 29.6 Å². The highest BCUT2D eigenvalue weighted by Gasteiger charge is 2.31. The largest absolute Gasteiger partial charge is 0.573 e. The number of halogens is 5. The third-order valence-electron chi connectivity index (χ3n) is 7.11. The molecule has 208 valence electrons. The topological polar surface area (TPSA) is 83.8 Å². The standard InChI is InChI=1S/C27H26ClF4N3O4/c28-21-12-23-19(11-22(21)29)25(37)20(13-35(23)17-3-4-17)26(38)33-16-7-9-34(10-8-16)14-24(36)15-1-5-18(6-2-15)39-27(30,31)32/h1-2,5-6,11-13,16-17,24,36H,3-4,7-10,14H2,(H,33,38)/t24-/m0/s1. The first kappa shape index (κ1) is 27.4. The second-order valence-corrected chi connectivity index (χ2v) is 10.4. The Labute approximate surface area is 225 Å². The first-order valence-electron chi connectivity index (χ1n) is 12.6. The van der Waals surface area contributed by atoms with Crippen molar-refractivity contribution in [2.24, 2.45) is 0 Å². The van der Waals surface area contributed by atoms with Crippen LogP contribution in [-0.2, 0) is 0 Å².